The summed E-state index contributed by atoms with van der Waals surface area (Å²) < 4.78 is 12.8. The van der Waals surface area contributed by atoms with Gasteiger partial charge in [0.05, 0.1) is 19.0 Å². The minimum Gasteiger partial charge on any atom is -0.496 e. The van der Waals surface area contributed by atoms with Crippen LogP contribution in [0.2, 0.25) is 0 Å². The maximum Gasteiger partial charge on any atom is 0.274 e. The number of hydrogen-bond acceptors (Lipinski definition) is 5. The Hall–Kier alpha value is -4.07. The van der Waals surface area contributed by atoms with Gasteiger partial charge in [-0.2, -0.15) is 5.10 Å². The molecule has 1 aliphatic rings. The van der Waals surface area contributed by atoms with Gasteiger partial charge < -0.3 is 19.7 Å². The smallest absolute Gasteiger partial charge is 0.274 e. The van der Waals surface area contributed by atoms with Crippen molar-refractivity contribution in [3.63, 3.8) is 0 Å². The van der Waals surface area contributed by atoms with Crippen molar-refractivity contribution in [2.75, 3.05) is 25.5 Å². The normalized spacial score (nSPS) is 13.6. The molecule has 182 valence electrons. The molecule has 0 atom stereocenters. The van der Waals surface area contributed by atoms with Gasteiger partial charge in [0.2, 0.25) is 5.91 Å². The molecule has 1 aliphatic heterocycles. The molecule has 1 saturated heterocycles. The van der Waals surface area contributed by atoms with Crippen molar-refractivity contribution in [2.24, 2.45) is 7.05 Å². The minimum atomic E-state index is -0.344. The summed E-state index contributed by atoms with van der Waals surface area (Å²) in [4.78, 5) is 27.5. The third-order valence-electron chi connectivity index (χ3n) is 5.91. The SMILES string of the molecule is COc1ccc(/C=C/C(=O)Nc2cnn(C)c2C(=O)N2CCCCC2)cc1COc1ccccc1. The van der Waals surface area contributed by atoms with Crippen LogP contribution in [-0.4, -0.2) is 46.7 Å². The molecular weight excluding hydrogens is 444 g/mol. The van der Waals surface area contributed by atoms with Crippen LogP contribution in [0, 0.1) is 0 Å². The number of hydrogen-bond donors (Lipinski definition) is 1. The highest BCUT2D eigenvalue weighted by molar-refractivity contribution is 6.06. The second-order valence-electron chi connectivity index (χ2n) is 8.38. The lowest BCUT2D eigenvalue weighted by molar-refractivity contribution is -0.111. The lowest BCUT2D eigenvalue weighted by Crippen LogP contribution is -2.37. The van der Waals surface area contributed by atoms with Gasteiger partial charge in [-0.3, -0.25) is 14.3 Å². The molecule has 2 heterocycles. The number of aryl methyl sites for hydroxylation is 1. The van der Waals surface area contributed by atoms with E-state index in [9.17, 15) is 9.59 Å². The quantitative estimate of drug-likeness (QED) is 0.493. The highest BCUT2D eigenvalue weighted by Gasteiger charge is 2.24. The highest BCUT2D eigenvalue weighted by Crippen LogP contribution is 2.23. The molecule has 1 fully saturated rings. The van der Waals surface area contributed by atoms with E-state index >= 15 is 0 Å². The van der Waals surface area contributed by atoms with Gasteiger partial charge in [-0.05, 0) is 55.2 Å². The Bertz CT molecular complexity index is 1200. The Balaban J connectivity index is 1.43. The number of ether oxygens (including phenoxy) is 2. The molecule has 1 N–H and O–H groups in total. The van der Waals surface area contributed by atoms with E-state index in [2.05, 4.69) is 10.4 Å². The molecule has 0 unspecified atom stereocenters. The molecule has 3 aromatic rings. The molecular formula is C27H30N4O4. The van der Waals surface area contributed by atoms with E-state index < -0.39 is 0 Å². The molecule has 2 amide bonds. The van der Waals surface area contributed by atoms with Gasteiger partial charge in [-0.15, -0.1) is 0 Å². The fourth-order valence-corrected chi connectivity index (χ4v) is 4.07. The summed E-state index contributed by atoms with van der Waals surface area (Å²) in [7, 11) is 3.32. The van der Waals surface area contributed by atoms with Crippen LogP contribution in [0.3, 0.4) is 0 Å². The second kappa shape index (κ2) is 11.4. The van der Waals surface area contributed by atoms with Crippen LogP contribution < -0.4 is 14.8 Å². The van der Waals surface area contributed by atoms with Crippen molar-refractivity contribution in [2.45, 2.75) is 25.9 Å². The van der Waals surface area contributed by atoms with E-state index in [4.69, 9.17) is 9.47 Å². The number of nitrogens with zero attached hydrogens (tertiary/aromatic N) is 3. The van der Waals surface area contributed by atoms with Crippen LogP contribution in [-0.2, 0) is 18.4 Å². The molecule has 35 heavy (non-hydrogen) atoms. The van der Waals surface area contributed by atoms with E-state index in [0.717, 1.165) is 49.2 Å². The molecule has 0 bridgehead atoms. The first kappa shape index (κ1) is 24.1. The monoisotopic (exact) mass is 474 g/mol. The van der Waals surface area contributed by atoms with E-state index in [1.54, 1.807) is 20.2 Å². The number of carbonyl (C=O) groups excluding carboxylic acids is 2. The topological polar surface area (TPSA) is 85.7 Å². The molecule has 8 nitrogen and oxygen atoms in total. The summed E-state index contributed by atoms with van der Waals surface area (Å²) in [6, 6.07) is 15.2. The van der Waals surface area contributed by atoms with Crippen LogP contribution in [0.5, 0.6) is 11.5 Å². The Morgan fingerprint density at radius 1 is 1.09 bits per heavy atom. The number of para-hydroxylation sites is 1. The van der Waals surface area contributed by atoms with Crippen molar-refractivity contribution >= 4 is 23.6 Å². The summed E-state index contributed by atoms with van der Waals surface area (Å²) in [5.41, 5.74) is 2.48. The van der Waals surface area contributed by atoms with Gasteiger partial charge >= 0.3 is 0 Å². The largest absolute Gasteiger partial charge is 0.496 e. The number of methoxy groups -OCH3 is 1. The lowest BCUT2D eigenvalue weighted by Gasteiger charge is -2.26. The Morgan fingerprint density at radius 2 is 1.86 bits per heavy atom. The number of benzene rings is 2. The number of carbonyl (C=O) groups is 2. The Morgan fingerprint density at radius 3 is 2.60 bits per heavy atom. The highest BCUT2D eigenvalue weighted by atomic mass is 16.5. The van der Waals surface area contributed by atoms with Crippen molar-refractivity contribution in [3.05, 3.63) is 77.6 Å². The molecule has 8 heteroatoms. The van der Waals surface area contributed by atoms with E-state index in [-0.39, 0.29) is 11.8 Å². The minimum absolute atomic E-state index is 0.109. The van der Waals surface area contributed by atoms with Crippen LogP contribution in [0.1, 0.15) is 40.9 Å². The number of nitrogens with one attached hydrogen (secondary N) is 1. The zero-order chi connectivity index (χ0) is 24.6. The summed E-state index contributed by atoms with van der Waals surface area (Å²) in [6.07, 6.45) is 7.78. The van der Waals surface area contributed by atoms with Crippen LogP contribution in [0.15, 0.2) is 60.8 Å². The van der Waals surface area contributed by atoms with E-state index in [0.29, 0.717) is 23.7 Å². The molecule has 2 aromatic carbocycles. The summed E-state index contributed by atoms with van der Waals surface area (Å²) in [5, 5.41) is 6.98. The second-order valence-corrected chi connectivity index (χ2v) is 8.38. The van der Waals surface area contributed by atoms with Crippen LogP contribution in [0.25, 0.3) is 6.08 Å². The Labute approximate surface area is 205 Å². The fourth-order valence-electron chi connectivity index (χ4n) is 4.07. The zero-order valence-corrected chi connectivity index (χ0v) is 20.1. The van der Waals surface area contributed by atoms with Crippen molar-refractivity contribution in [1.29, 1.82) is 0 Å². The van der Waals surface area contributed by atoms with E-state index in [1.807, 2.05) is 53.4 Å². The predicted octanol–water partition coefficient (Wildman–Crippen LogP) is 4.29. The number of piperidine rings is 1. The average molecular weight is 475 g/mol. The molecule has 1 aromatic heterocycles. The number of amides is 2. The molecule has 0 radical (unpaired) electrons. The number of likely N-dealkylation sites (tertiary alicyclic amines) is 1. The first-order valence-electron chi connectivity index (χ1n) is 11.7. The van der Waals surface area contributed by atoms with E-state index in [1.165, 1.54) is 17.0 Å². The fraction of sp³-hybridized carbons (Fsp3) is 0.296. The zero-order valence-electron chi connectivity index (χ0n) is 20.1. The lowest BCUT2D eigenvalue weighted by atomic mass is 10.1. The molecule has 0 spiro atoms. The first-order chi connectivity index (χ1) is 17.0. The van der Waals surface area contributed by atoms with Gasteiger partial charge in [0.15, 0.2) is 0 Å². The molecule has 0 aliphatic carbocycles. The number of anilines is 1. The first-order valence-corrected chi connectivity index (χ1v) is 11.7. The van der Waals surface area contributed by atoms with Crippen LogP contribution >= 0.6 is 0 Å². The summed E-state index contributed by atoms with van der Waals surface area (Å²) in [5.74, 6) is 1.02. The van der Waals surface area contributed by atoms with Gasteiger partial charge in [0.1, 0.15) is 23.8 Å². The summed E-state index contributed by atoms with van der Waals surface area (Å²) >= 11 is 0. The van der Waals surface area contributed by atoms with Crippen molar-refractivity contribution in [1.82, 2.24) is 14.7 Å². The van der Waals surface area contributed by atoms with Crippen molar-refractivity contribution < 1.29 is 19.1 Å². The van der Waals surface area contributed by atoms with Crippen molar-refractivity contribution in [3.8, 4) is 11.5 Å². The molecule has 4 rings (SSSR count). The maximum atomic E-state index is 13.0. The number of rotatable bonds is 8. The molecule has 0 saturated carbocycles. The standard InChI is InChI=1S/C27H30N4O4/c1-30-26(27(33)31-15-7-4-8-16-31)23(18-28-30)29-25(32)14-12-20-11-13-24(34-2)21(17-20)19-35-22-9-5-3-6-10-22/h3,5-6,9-14,17-18H,4,7-8,15-16,19H2,1-2H3,(H,29,32)/b14-12+. The third kappa shape index (κ3) is 6.09. The van der Waals surface area contributed by atoms with Gasteiger partial charge in [-0.25, -0.2) is 0 Å². The number of aromatic nitrogens is 2. The Kier molecular flexibility index (Phi) is 7.82. The van der Waals surface area contributed by atoms with Gasteiger partial charge in [-0.1, -0.05) is 24.3 Å². The van der Waals surface area contributed by atoms with Crippen LogP contribution in [0.4, 0.5) is 5.69 Å². The van der Waals surface area contributed by atoms with Gasteiger partial charge in [0, 0.05) is 31.8 Å². The predicted molar refractivity (Wildman–Crippen MR) is 134 cm³/mol. The maximum absolute atomic E-state index is 13.0. The summed E-state index contributed by atoms with van der Waals surface area (Å²) in [6.45, 7) is 1.79. The van der Waals surface area contributed by atoms with Gasteiger partial charge in [0.25, 0.3) is 5.91 Å². The average Bonchev–Trinajstić information content (AvgIpc) is 3.26. The third-order valence-corrected chi connectivity index (χ3v) is 5.91.